The summed E-state index contributed by atoms with van der Waals surface area (Å²) in [6.07, 6.45) is 0. The summed E-state index contributed by atoms with van der Waals surface area (Å²) in [6.45, 7) is 2.92. The highest BCUT2D eigenvalue weighted by molar-refractivity contribution is 5.96. The third kappa shape index (κ3) is 5.51. The van der Waals surface area contributed by atoms with Crippen molar-refractivity contribution >= 4 is 23.8 Å². The van der Waals surface area contributed by atoms with Crippen molar-refractivity contribution in [3.8, 4) is 11.5 Å². The van der Waals surface area contributed by atoms with Crippen molar-refractivity contribution in [3.63, 3.8) is 0 Å². The van der Waals surface area contributed by atoms with Crippen molar-refractivity contribution in [2.75, 3.05) is 18.5 Å². The normalized spacial score (nSPS) is 10.3. The molecule has 0 unspecified atom stereocenters. The zero-order valence-electron chi connectivity index (χ0n) is 16.5. The van der Waals surface area contributed by atoms with Gasteiger partial charge >= 0.3 is 12.0 Å². The van der Waals surface area contributed by atoms with Crippen molar-refractivity contribution in [3.05, 3.63) is 65.2 Å². The number of hydrogen-bond donors (Lipinski definition) is 2. The lowest BCUT2D eigenvalue weighted by molar-refractivity contribution is -0.146. The van der Waals surface area contributed by atoms with Crippen molar-refractivity contribution in [1.82, 2.24) is 15.5 Å². The zero-order valence-corrected chi connectivity index (χ0v) is 16.5. The van der Waals surface area contributed by atoms with Gasteiger partial charge in [-0.1, -0.05) is 29.4 Å². The first-order valence-electron chi connectivity index (χ1n) is 9.12. The Hall–Kier alpha value is -4.01. The first-order chi connectivity index (χ1) is 14.4. The standard InChI is InChI=1S/C21H20N4O5/c1-13-8-9-16(10-14(13)2)19(28)22-11-18(27)29-12-17(26)23-21-25-24-20(30-21)15-6-4-3-5-7-15/h3-10H,11-12H2,1-2H3,(H,22,28)(H,23,25,26). The molecule has 0 aliphatic carbocycles. The molecule has 0 aliphatic rings. The molecule has 1 heterocycles. The third-order valence-electron chi connectivity index (χ3n) is 4.22. The van der Waals surface area contributed by atoms with Crippen LogP contribution < -0.4 is 10.6 Å². The molecule has 0 saturated carbocycles. The van der Waals surface area contributed by atoms with Gasteiger partial charge in [0.1, 0.15) is 6.54 Å². The number of aryl methyl sites for hydroxylation is 2. The Morgan fingerprint density at radius 3 is 2.50 bits per heavy atom. The van der Waals surface area contributed by atoms with Gasteiger partial charge in [-0.25, -0.2) is 0 Å². The maximum absolute atomic E-state index is 12.1. The number of nitrogens with one attached hydrogen (secondary N) is 2. The van der Waals surface area contributed by atoms with Crippen LogP contribution in [0, 0.1) is 13.8 Å². The number of aromatic nitrogens is 2. The smallest absolute Gasteiger partial charge is 0.325 e. The minimum Gasteiger partial charge on any atom is -0.454 e. The number of carbonyl (C=O) groups excluding carboxylic acids is 3. The van der Waals surface area contributed by atoms with E-state index in [1.165, 1.54) is 0 Å². The molecule has 0 saturated heterocycles. The molecular weight excluding hydrogens is 388 g/mol. The average molecular weight is 408 g/mol. The summed E-state index contributed by atoms with van der Waals surface area (Å²) >= 11 is 0. The van der Waals surface area contributed by atoms with E-state index in [0.717, 1.165) is 11.1 Å². The quantitative estimate of drug-likeness (QED) is 0.575. The van der Waals surface area contributed by atoms with Crippen LogP contribution in [0.5, 0.6) is 0 Å². The van der Waals surface area contributed by atoms with Gasteiger partial charge < -0.3 is 14.5 Å². The van der Waals surface area contributed by atoms with E-state index in [2.05, 4.69) is 20.8 Å². The van der Waals surface area contributed by atoms with E-state index in [9.17, 15) is 14.4 Å². The summed E-state index contributed by atoms with van der Waals surface area (Å²) in [5, 5.41) is 12.4. The molecule has 0 fully saturated rings. The number of nitrogens with zero attached hydrogens (tertiary/aromatic N) is 2. The molecule has 0 atom stereocenters. The van der Waals surface area contributed by atoms with Crippen molar-refractivity contribution in [2.45, 2.75) is 13.8 Å². The molecule has 154 valence electrons. The highest BCUT2D eigenvalue weighted by atomic mass is 16.5. The lowest BCUT2D eigenvalue weighted by atomic mass is 10.1. The third-order valence-corrected chi connectivity index (χ3v) is 4.22. The molecular formula is C21H20N4O5. The maximum atomic E-state index is 12.1. The predicted molar refractivity (Wildman–Crippen MR) is 108 cm³/mol. The highest BCUT2D eigenvalue weighted by Crippen LogP contribution is 2.18. The number of carbonyl (C=O) groups is 3. The number of benzene rings is 2. The molecule has 1 aromatic heterocycles. The molecule has 3 aromatic rings. The minimum absolute atomic E-state index is 0.113. The summed E-state index contributed by atoms with van der Waals surface area (Å²) < 4.78 is 10.2. The van der Waals surface area contributed by atoms with Crippen LogP contribution in [0.2, 0.25) is 0 Å². The molecule has 0 bridgehead atoms. The largest absolute Gasteiger partial charge is 0.454 e. The monoisotopic (exact) mass is 408 g/mol. The summed E-state index contributed by atoms with van der Waals surface area (Å²) in [4.78, 5) is 35.8. The Morgan fingerprint density at radius 1 is 1.00 bits per heavy atom. The summed E-state index contributed by atoms with van der Waals surface area (Å²) in [6, 6.07) is 14.2. The molecule has 2 amide bonds. The van der Waals surface area contributed by atoms with Gasteiger partial charge in [-0.3, -0.25) is 19.7 Å². The number of hydrogen-bond acceptors (Lipinski definition) is 7. The predicted octanol–water partition coefficient (Wildman–Crippen LogP) is 2.27. The number of amides is 2. The van der Waals surface area contributed by atoms with E-state index < -0.39 is 24.4 Å². The summed E-state index contributed by atoms with van der Waals surface area (Å²) in [7, 11) is 0. The Morgan fingerprint density at radius 2 is 1.77 bits per heavy atom. The van der Waals surface area contributed by atoms with E-state index in [1.807, 2.05) is 38.1 Å². The van der Waals surface area contributed by atoms with E-state index >= 15 is 0 Å². The van der Waals surface area contributed by atoms with Crippen LogP contribution in [0.25, 0.3) is 11.5 Å². The second-order valence-corrected chi connectivity index (χ2v) is 6.47. The molecule has 0 aliphatic heterocycles. The maximum Gasteiger partial charge on any atom is 0.325 e. The second-order valence-electron chi connectivity index (χ2n) is 6.47. The number of esters is 1. The molecule has 9 heteroatoms. The van der Waals surface area contributed by atoms with Crippen LogP contribution in [0.3, 0.4) is 0 Å². The Bertz CT molecular complexity index is 1060. The van der Waals surface area contributed by atoms with Crippen LogP contribution >= 0.6 is 0 Å². The van der Waals surface area contributed by atoms with E-state index in [4.69, 9.17) is 9.15 Å². The summed E-state index contributed by atoms with van der Waals surface area (Å²) in [5.74, 6) is -1.55. The van der Waals surface area contributed by atoms with Crippen LogP contribution in [-0.2, 0) is 14.3 Å². The molecule has 0 radical (unpaired) electrons. The fourth-order valence-electron chi connectivity index (χ4n) is 2.46. The van der Waals surface area contributed by atoms with Gasteiger partial charge in [-0.2, -0.15) is 0 Å². The van der Waals surface area contributed by atoms with Crippen molar-refractivity contribution in [2.24, 2.45) is 0 Å². The topological polar surface area (TPSA) is 123 Å². The Kier molecular flexibility index (Phi) is 6.53. The molecule has 0 spiro atoms. The van der Waals surface area contributed by atoms with Gasteiger partial charge in [-0.15, -0.1) is 5.10 Å². The summed E-state index contributed by atoms with van der Waals surface area (Å²) in [5.41, 5.74) is 3.18. The molecule has 3 rings (SSSR count). The molecule has 2 aromatic carbocycles. The van der Waals surface area contributed by atoms with Crippen LogP contribution in [0.4, 0.5) is 6.01 Å². The van der Waals surface area contributed by atoms with Gasteiger partial charge in [0, 0.05) is 11.1 Å². The fourth-order valence-corrected chi connectivity index (χ4v) is 2.46. The minimum atomic E-state index is -0.752. The van der Waals surface area contributed by atoms with E-state index in [0.29, 0.717) is 11.1 Å². The lowest BCUT2D eigenvalue weighted by Crippen LogP contribution is -2.32. The first kappa shape index (κ1) is 20.7. The highest BCUT2D eigenvalue weighted by Gasteiger charge is 2.14. The molecule has 30 heavy (non-hydrogen) atoms. The van der Waals surface area contributed by atoms with Crippen molar-refractivity contribution < 1.29 is 23.5 Å². The Balaban J connectivity index is 1.42. The molecule has 2 N–H and O–H groups in total. The van der Waals surface area contributed by atoms with Gasteiger partial charge in [0.05, 0.1) is 0 Å². The van der Waals surface area contributed by atoms with E-state index in [1.54, 1.807) is 24.3 Å². The average Bonchev–Trinajstić information content (AvgIpc) is 3.21. The van der Waals surface area contributed by atoms with Gasteiger partial charge in [0.2, 0.25) is 5.89 Å². The number of rotatable bonds is 7. The number of anilines is 1. The van der Waals surface area contributed by atoms with E-state index in [-0.39, 0.29) is 18.5 Å². The van der Waals surface area contributed by atoms with Gasteiger partial charge in [0.15, 0.2) is 6.61 Å². The van der Waals surface area contributed by atoms with Gasteiger partial charge in [-0.05, 0) is 49.2 Å². The van der Waals surface area contributed by atoms with Crippen molar-refractivity contribution in [1.29, 1.82) is 0 Å². The SMILES string of the molecule is Cc1ccc(C(=O)NCC(=O)OCC(=O)Nc2nnc(-c3ccccc3)o2)cc1C. The molecule has 9 nitrogen and oxygen atoms in total. The second kappa shape index (κ2) is 9.46. The lowest BCUT2D eigenvalue weighted by Gasteiger charge is -2.07. The van der Waals surface area contributed by atoms with Crippen LogP contribution in [-0.4, -0.2) is 41.1 Å². The van der Waals surface area contributed by atoms with Gasteiger partial charge in [0.25, 0.3) is 11.8 Å². The number of ether oxygens (including phenoxy) is 1. The fraction of sp³-hybridized carbons (Fsp3) is 0.190. The Labute approximate surface area is 172 Å². The first-order valence-corrected chi connectivity index (χ1v) is 9.12. The van der Waals surface area contributed by atoms with Crippen LogP contribution in [0.15, 0.2) is 52.9 Å². The zero-order chi connectivity index (χ0) is 21.5. The van der Waals surface area contributed by atoms with Crippen LogP contribution in [0.1, 0.15) is 21.5 Å².